The van der Waals surface area contributed by atoms with Gasteiger partial charge in [0.1, 0.15) is 5.82 Å². The third-order valence-corrected chi connectivity index (χ3v) is 5.14. The minimum Gasteiger partial charge on any atom is -0.454 e. The van der Waals surface area contributed by atoms with Crippen LogP contribution in [0.4, 0.5) is 4.39 Å². The Hall–Kier alpha value is -2.82. The third kappa shape index (κ3) is 2.83. The molecule has 0 fully saturated rings. The number of nitrogens with zero attached hydrogens (tertiary/aromatic N) is 2. The minimum absolute atomic E-state index is 0.00383. The molecule has 1 aromatic heterocycles. The molecule has 0 unspecified atom stereocenters. The van der Waals surface area contributed by atoms with E-state index in [4.69, 9.17) is 27.5 Å². The molecule has 0 saturated carbocycles. The fourth-order valence-electron chi connectivity index (χ4n) is 2.60. The van der Waals surface area contributed by atoms with Gasteiger partial charge in [0.25, 0.3) is 5.91 Å². The van der Waals surface area contributed by atoms with Gasteiger partial charge in [-0.3, -0.25) is 4.79 Å². The third-order valence-electron chi connectivity index (χ3n) is 3.79. The van der Waals surface area contributed by atoms with Gasteiger partial charge in [-0.2, -0.15) is 4.99 Å². The van der Waals surface area contributed by atoms with Crippen LogP contribution < -0.4 is 14.3 Å². The van der Waals surface area contributed by atoms with Gasteiger partial charge >= 0.3 is 0 Å². The van der Waals surface area contributed by atoms with Crippen LogP contribution in [0.2, 0.25) is 5.02 Å². The summed E-state index contributed by atoms with van der Waals surface area (Å²) in [5.74, 6) is 2.70. The summed E-state index contributed by atoms with van der Waals surface area (Å²) in [6, 6.07) is 7.17. The summed E-state index contributed by atoms with van der Waals surface area (Å²) in [7, 11) is 0. The number of hydrogen-bond donors (Lipinski definition) is 0. The first-order chi connectivity index (χ1) is 12.6. The molecular formula is C18H10ClFN2O3S. The lowest BCUT2D eigenvalue weighted by atomic mass is 10.2. The van der Waals surface area contributed by atoms with Crippen molar-refractivity contribution >= 4 is 39.1 Å². The summed E-state index contributed by atoms with van der Waals surface area (Å²) in [5.41, 5.74) is 0.904. The highest BCUT2D eigenvalue weighted by atomic mass is 35.5. The van der Waals surface area contributed by atoms with E-state index in [0.29, 0.717) is 16.3 Å². The normalized spacial score (nSPS) is 13.2. The predicted molar refractivity (Wildman–Crippen MR) is 96.1 cm³/mol. The average molecular weight is 389 g/mol. The molecule has 130 valence electrons. The summed E-state index contributed by atoms with van der Waals surface area (Å²) in [4.78, 5) is 17.0. The number of thiazole rings is 1. The molecule has 26 heavy (non-hydrogen) atoms. The van der Waals surface area contributed by atoms with E-state index in [9.17, 15) is 9.18 Å². The van der Waals surface area contributed by atoms with Crippen molar-refractivity contribution < 1.29 is 18.7 Å². The molecule has 0 aliphatic carbocycles. The van der Waals surface area contributed by atoms with E-state index in [1.54, 1.807) is 10.6 Å². The Kier molecular flexibility index (Phi) is 4.15. The predicted octanol–water partition coefficient (Wildman–Crippen LogP) is 3.60. The number of fused-ring (bicyclic) bond motifs is 2. The molecule has 1 aliphatic heterocycles. The Morgan fingerprint density at radius 1 is 1.35 bits per heavy atom. The number of rotatable bonds is 2. The molecular weight excluding hydrogens is 379 g/mol. The first-order valence-corrected chi connectivity index (χ1v) is 8.67. The van der Waals surface area contributed by atoms with E-state index in [0.717, 1.165) is 22.3 Å². The quantitative estimate of drug-likeness (QED) is 0.630. The highest BCUT2D eigenvalue weighted by Gasteiger charge is 2.18. The van der Waals surface area contributed by atoms with Crippen molar-refractivity contribution in [2.75, 3.05) is 6.79 Å². The SMILES string of the molecule is C#CCn1c(=NC(=O)c2ccc(F)cc2Cl)sc2cc3c(cc21)OCO3. The number of carbonyl (C=O) groups is 1. The Morgan fingerprint density at radius 2 is 2.12 bits per heavy atom. The molecule has 0 radical (unpaired) electrons. The van der Waals surface area contributed by atoms with Crippen molar-refractivity contribution in [3.05, 3.63) is 51.5 Å². The van der Waals surface area contributed by atoms with Crippen molar-refractivity contribution in [1.29, 1.82) is 0 Å². The molecule has 1 amide bonds. The van der Waals surface area contributed by atoms with E-state index in [2.05, 4.69) is 10.9 Å². The zero-order valence-corrected chi connectivity index (χ0v) is 14.7. The van der Waals surface area contributed by atoms with E-state index in [1.807, 2.05) is 6.07 Å². The number of halogens is 2. The fourth-order valence-corrected chi connectivity index (χ4v) is 3.89. The van der Waals surface area contributed by atoms with E-state index >= 15 is 0 Å². The van der Waals surface area contributed by atoms with Crippen LogP contribution in [-0.2, 0) is 6.54 Å². The van der Waals surface area contributed by atoms with Crippen LogP contribution in [0.25, 0.3) is 10.2 Å². The number of amides is 1. The number of hydrogen-bond acceptors (Lipinski definition) is 4. The molecule has 3 aromatic rings. The smallest absolute Gasteiger partial charge is 0.281 e. The van der Waals surface area contributed by atoms with Gasteiger partial charge in [-0.1, -0.05) is 28.9 Å². The first kappa shape index (κ1) is 16.6. The van der Waals surface area contributed by atoms with E-state index in [-0.39, 0.29) is 23.9 Å². The standard InChI is InChI=1S/C18H10ClFN2O3S/c1-2-5-22-13-7-14-15(25-9-24-14)8-16(13)26-18(22)21-17(23)11-4-3-10(20)6-12(11)19/h1,3-4,6-8H,5,9H2. The molecule has 0 spiro atoms. The Bertz CT molecular complexity index is 1160. The van der Waals surface area contributed by atoms with Crippen LogP contribution >= 0.6 is 22.9 Å². The number of aromatic nitrogens is 1. The molecule has 8 heteroatoms. The molecule has 4 rings (SSSR count). The zero-order chi connectivity index (χ0) is 18.3. The van der Waals surface area contributed by atoms with Crippen molar-refractivity contribution in [3.63, 3.8) is 0 Å². The molecule has 0 atom stereocenters. The lowest BCUT2D eigenvalue weighted by Crippen LogP contribution is -2.16. The Balaban J connectivity index is 1.87. The van der Waals surface area contributed by atoms with Crippen LogP contribution in [0.15, 0.2) is 35.3 Å². The number of benzene rings is 2. The first-order valence-electron chi connectivity index (χ1n) is 7.47. The van der Waals surface area contributed by atoms with Crippen molar-refractivity contribution in [2.24, 2.45) is 4.99 Å². The lowest BCUT2D eigenvalue weighted by molar-refractivity contribution is 0.0998. The minimum atomic E-state index is -0.577. The highest BCUT2D eigenvalue weighted by Crippen LogP contribution is 2.37. The molecule has 1 aliphatic rings. The molecule has 5 nitrogen and oxygen atoms in total. The average Bonchev–Trinajstić information content (AvgIpc) is 3.17. The largest absolute Gasteiger partial charge is 0.454 e. The van der Waals surface area contributed by atoms with Crippen LogP contribution in [-0.4, -0.2) is 17.3 Å². The van der Waals surface area contributed by atoms with Gasteiger partial charge in [-0.15, -0.1) is 6.42 Å². The summed E-state index contributed by atoms with van der Waals surface area (Å²) >= 11 is 7.24. The molecule has 2 aromatic carbocycles. The monoisotopic (exact) mass is 388 g/mol. The van der Waals surface area contributed by atoms with Gasteiger partial charge in [-0.05, 0) is 18.2 Å². The second-order valence-electron chi connectivity index (χ2n) is 5.39. The maximum atomic E-state index is 13.2. The van der Waals surface area contributed by atoms with Crippen molar-refractivity contribution in [1.82, 2.24) is 4.57 Å². The zero-order valence-electron chi connectivity index (χ0n) is 13.2. The second kappa shape index (κ2) is 6.48. The van der Waals surface area contributed by atoms with Gasteiger partial charge in [0.15, 0.2) is 16.3 Å². The number of carbonyl (C=O) groups excluding carboxylic acids is 1. The van der Waals surface area contributed by atoms with Gasteiger partial charge in [-0.25, -0.2) is 4.39 Å². The second-order valence-corrected chi connectivity index (χ2v) is 6.81. The highest BCUT2D eigenvalue weighted by molar-refractivity contribution is 7.16. The van der Waals surface area contributed by atoms with Crippen LogP contribution in [0.3, 0.4) is 0 Å². The van der Waals surface area contributed by atoms with E-state index < -0.39 is 11.7 Å². The molecule has 0 saturated heterocycles. The summed E-state index contributed by atoms with van der Waals surface area (Å²) in [6.07, 6.45) is 5.46. The van der Waals surface area contributed by atoms with Crippen molar-refractivity contribution in [3.8, 4) is 23.8 Å². The van der Waals surface area contributed by atoms with Crippen molar-refractivity contribution in [2.45, 2.75) is 6.54 Å². The molecule has 0 N–H and O–H groups in total. The summed E-state index contributed by atoms with van der Waals surface area (Å²) < 4.78 is 26.5. The van der Waals surface area contributed by atoms with E-state index in [1.165, 1.54) is 17.4 Å². The Morgan fingerprint density at radius 3 is 2.85 bits per heavy atom. The maximum Gasteiger partial charge on any atom is 0.281 e. The topological polar surface area (TPSA) is 52.8 Å². The summed E-state index contributed by atoms with van der Waals surface area (Å²) in [6.45, 7) is 0.392. The summed E-state index contributed by atoms with van der Waals surface area (Å²) in [5, 5.41) is 0.00383. The number of terminal acetylenes is 1. The van der Waals surface area contributed by atoms with Crippen LogP contribution in [0.1, 0.15) is 10.4 Å². The maximum absolute atomic E-state index is 13.2. The fraction of sp³-hybridized carbons (Fsp3) is 0.111. The lowest BCUT2D eigenvalue weighted by Gasteiger charge is -2.02. The van der Waals surface area contributed by atoms with Gasteiger partial charge in [0.05, 0.1) is 27.3 Å². The Labute approximate surface area is 156 Å². The molecule has 0 bridgehead atoms. The van der Waals surface area contributed by atoms with Gasteiger partial charge < -0.3 is 14.0 Å². The van der Waals surface area contributed by atoms with Crippen LogP contribution in [0, 0.1) is 18.2 Å². The van der Waals surface area contributed by atoms with Gasteiger partial charge in [0, 0.05) is 12.1 Å². The number of ether oxygens (including phenoxy) is 2. The van der Waals surface area contributed by atoms with Crippen LogP contribution in [0.5, 0.6) is 11.5 Å². The molecule has 2 heterocycles. The van der Waals surface area contributed by atoms with Gasteiger partial charge in [0.2, 0.25) is 6.79 Å².